The SMILES string of the molecule is COc1ccc(F)cc1-c1cccc(CC2(C(=O)NC3CCCC3)CCOCC2)c1. The summed E-state index contributed by atoms with van der Waals surface area (Å²) in [5, 5.41) is 3.32. The normalized spacial score (nSPS) is 18.9. The van der Waals surface area contributed by atoms with Gasteiger partial charge >= 0.3 is 0 Å². The van der Waals surface area contributed by atoms with Crippen LogP contribution in [0.2, 0.25) is 0 Å². The van der Waals surface area contributed by atoms with E-state index in [-0.39, 0.29) is 11.7 Å². The molecule has 2 fully saturated rings. The van der Waals surface area contributed by atoms with E-state index in [4.69, 9.17) is 9.47 Å². The summed E-state index contributed by atoms with van der Waals surface area (Å²) in [6, 6.07) is 12.9. The molecule has 1 saturated heterocycles. The Morgan fingerprint density at radius 3 is 2.67 bits per heavy atom. The Balaban J connectivity index is 1.60. The average molecular weight is 412 g/mol. The molecular weight excluding hydrogens is 381 g/mol. The number of hydrogen-bond donors (Lipinski definition) is 1. The summed E-state index contributed by atoms with van der Waals surface area (Å²) < 4.78 is 24.9. The Hall–Kier alpha value is -2.40. The van der Waals surface area contributed by atoms with Gasteiger partial charge in [0.15, 0.2) is 0 Å². The molecule has 4 nitrogen and oxygen atoms in total. The fourth-order valence-electron chi connectivity index (χ4n) is 4.80. The maximum Gasteiger partial charge on any atom is 0.226 e. The predicted molar refractivity (Wildman–Crippen MR) is 115 cm³/mol. The van der Waals surface area contributed by atoms with Crippen molar-refractivity contribution >= 4 is 5.91 Å². The monoisotopic (exact) mass is 411 g/mol. The Kier molecular flexibility index (Phi) is 6.38. The lowest BCUT2D eigenvalue weighted by atomic mass is 9.74. The van der Waals surface area contributed by atoms with E-state index < -0.39 is 5.41 Å². The number of methoxy groups -OCH3 is 1. The zero-order valence-electron chi connectivity index (χ0n) is 17.6. The molecule has 1 aliphatic carbocycles. The average Bonchev–Trinajstić information content (AvgIpc) is 3.27. The van der Waals surface area contributed by atoms with Crippen molar-refractivity contribution in [2.45, 2.75) is 51.0 Å². The quantitative estimate of drug-likeness (QED) is 0.736. The highest BCUT2D eigenvalue weighted by Gasteiger charge is 2.41. The number of nitrogens with one attached hydrogen (secondary N) is 1. The van der Waals surface area contributed by atoms with Gasteiger partial charge in [0.1, 0.15) is 11.6 Å². The standard InChI is InChI=1S/C25H30FNO3/c1-29-23-10-9-20(26)16-22(23)19-6-4-5-18(15-19)17-25(11-13-30-14-12-25)24(28)27-21-7-2-3-8-21/h4-6,9-10,15-16,21H,2-3,7-8,11-14,17H2,1H3,(H,27,28). The first-order chi connectivity index (χ1) is 14.6. The van der Waals surface area contributed by atoms with Crippen LogP contribution in [0.25, 0.3) is 11.1 Å². The molecule has 0 radical (unpaired) electrons. The smallest absolute Gasteiger partial charge is 0.226 e. The number of carbonyl (C=O) groups is 1. The summed E-state index contributed by atoms with van der Waals surface area (Å²) in [4.78, 5) is 13.3. The second kappa shape index (κ2) is 9.17. The summed E-state index contributed by atoms with van der Waals surface area (Å²) in [5.74, 6) is 0.493. The van der Waals surface area contributed by atoms with E-state index in [1.54, 1.807) is 13.2 Å². The molecule has 5 heteroatoms. The van der Waals surface area contributed by atoms with Crippen molar-refractivity contribution in [1.82, 2.24) is 5.32 Å². The lowest BCUT2D eigenvalue weighted by Crippen LogP contribution is -2.48. The molecule has 1 aliphatic heterocycles. The topological polar surface area (TPSA) is 47.6 Å². The van der Waals surface area contributed by atoms with Crippen molar-refractivity contribution < 1.29 is 18.7 Å². The van der Waals surface area contributed by atoms with Crippen LogP contribution in [-0.4, -0.2) is 32.3 Å². The van der Waals surface area contributed by atoms with Gasteiger partial charge in [0.2, 0.25) is 5.91 Å². The molecule has 1 heterocycles. The van der Waals surface area contributed by atoms with Crippen molar-refractivity contribution in [1.29, 1.82) is 0 Å². The van der Waals surface area contributed by atoms with Crippen LogP contribution in [-0.2, 0) is 16.0 Å². The highest BCUT2D eigenvalue weighted by Crippen LogP contribution is 2.37. The molecule has 30 heavy (non-hydrogen) atoms. The molecule has 2 aromatic rings. The Morgan fingerprint density at radius 1 is 1.17 bits per heavy atom. The van der Waals surface area contributed by atoms with E-state index in [9.17, 15) is 9.18 Å². The second-order valence-corrected chi connectivity index (χ2v) is 8.57. The maximum absolute atomic E-state index is 13.9. The number of ether oxygens (including phenoxy) is 2. The Bertz CT molecular complexity index is 886. The fraction of sp³-hybridized carbons (Fsp3) is 0.480. The third kappa shape index (κ3) is 4.51. The van der Waals surface area contributed by atoms with Gasteiger partial charge in [-0.3, -0.25) is 4.79 Å². The predicted octanol–water partition coefficient (Wildman–Crippen LogP) is 4.90. The minimum Gasteiger partial charge on any atom is -0.496 e. The van der Waals surface area contributed by atoms with Gasteiger partial charge in [-0.2, -0.15) is 0 Å². The van der Waals surface area contributed by atoms with Crippen molar-refractivity contribution in [3.8, 4) is 16.9 Å². The lowest BCUT2D eigenvalue weighted by molar-refractivity contribution is -0.137. The van der Waals surface area contributed by atoms with Crippen molar-refractivity contribution in [3.63, 3.8) is 0 Å². The van der Waals surface area contributed by atoms with Crippen LogP contribution in [0, 0.1) is 11.2 Å². The lowest BCUT2D eigenvalue weighted by Gasteiger charge is -2.37. The molecule has 4 rings (SSSR count). The zero-order chi connectivity index (χ0) is 21.0. The Labute approximate surface area is 177 Å². The van der Waals surface area contributed by atoms with Gasteiger partial charge in [-0.25, -0.2) is 4.39 Å². The van der Waals surface area contributed by atoms with Gasteiger partial charge in [-0.1, -0.05) is 37.1 Å². The van der Waals surface area contributed by atoms with Crippen LogP contribution in [0.5, 0.6) is 5.75 Å². The third-order valence-corrected chi connectivity index (χ3v) is 6.56. The second-order valence-electron chi connectivity index (χ2n) is 8.57. The van der Waals surface area contributed by atoms with Gasteiger partial charge < -0.3 is 14.8 Å². The number of benzene rings is 2. The molecule has 0 bridgehead atoms. The van der Waals surface area contributed by atoms with Gasteiger partial charge in [0.05, 0.1) is 12.5 Å². The minimum absolute atomic E-state index is 0.159. The van der Waals surface area contributed by atoms with Crippen LogP contribution in [0.15, 0.2) is 42.5 Å². The molecule has 1 N–H and O–H groups in total. The van der Waals surface area contributed by atoms with Crippen LogP contribution >= 0.6 is 0 Å². The first kappa shape index (κ1) is 20.9. The van der Waals surface area contributed by atoms with Gasteiger partial charge in [0, 0.05) is 24.8 Å². The highest BCUT2D eigenvalue weighted by molar-refractivity contribution is 5.83. The molecule has 0 aromatic heterocycles. The van der Waals surface area contributed by atoms with E-state index in [0.29, 0.717) is 31.4 Å². The molecule has 1 saturated carbocycles. The summed E-state index contributed by atoms with van der Waals surface area (Å²) in [6.07, 6.45) is 6.63. The maximum atomic E-state index is 13.9. The van der Waals surface area contributed by atoms with Crippen LogP contribution in [0.4, 0.5) is 4.39 Å². The van der Waals surface area contributed by atoms with Crippen LogP contribution in [0.3, 0.4) is 0 Å². The van der Waals surface area contributed by atoms with Crippen molar-refractivity contribution in [3.05, 3.63) is 53.8 Å². The first-order valence-corrected chi connectivity index (χ1v) is 10.9. The third-order valence-electron chi connectivity index (χ3n) is 6.56. The first-order valence-electron chi connectivity index (χ1n) is 10.9. The molecular formula is C25H30FNO3. The summed E-state index contributed by atoms with van der Waals surface area (Å²) in [6.45, 7) is 1.21. The molecule has 2 aliphatic rings. The summed E-state index contributed by atoms with van der Waals surface area (Å²) >= 11 is 0. The Morgan fingerprint density at radius 2 is 1.93 bits per heavy atom. The van der Waals surface area contributed by atoms with Crippen molar-refractivity contribution in [2.24, 2.45) is 5.41 Å². The summed E-state index contributed by atoms with van der Waals surface area (Å²) in [7, 11) is 1.59. The molecule has 0 spiro atoms. The van der Waals surface area contributed by atoms with Gasteiger partial charge in [-0.05, 0) is 61.4 Å². The highest BCUT2D eigenvalue weighted by atomic mass is 19.1. The number of halogens is 1. The van der Waals surface area contributed by atoms with E-state index in [0.717, 1.165) is 42.4 Å². The van der Waals surface area contributed by atoms with Gasteiger partial charge in [-0.15, -0.1) is 0 Å². The van der Waals surface area contributed by atoms with Crippen LogP contribution in [0.1, 0.15) is 44.1 Å². The molecule has 2 aromatic carbocycles. The molecule has 0 unspecified atom stereocenters. The van der Waals surface area contributed by atoms with Crippen molar-refractivity contribution in [2.75, 3.05) is 20.3 Å². The van der Waals surface area contributed by atoms with E-state index in [1.165, 1.54) is 25.0 Å². The van der Waals surface area contributed by atoms with E-state index in [2.05, 4.69) is 17.4 Å². The van der Waals surface area contributed by atoms with E-state index in [1.807, 2.05) is 12.1 Å². The molecule has 1 amide bonds. The fourth-order valence-corrected chi connectivity index (χ4v) is 4.80. The number of amides is 1. The van der Waals surface area contributed by atoms with Crippen LogP contribution < -0.4 is 10.1 Å². The number of rotatable bonds is 6. The van der Waals surface area contributed by atoms with E-state index >= 15 is 0 Å². The number of hydrogen-bond acceptors (Lipinski definition) is 3. The zero-order valence-corrected chi connectivity index (χ0v) is 17.6. The summed E-state index contributed by atoms with van der Waals surface area (Å²) in [5.41, 5.74) is 2.23. The largest absolute Gasteiger partial charge is 0.496 e. The molecule has 0 atom stereocenters. The number of carbonyl (C=O) groups excluding carboxylic acids is 1. The molecule has 160 valence electrons. The van der Waals surface area contributed by atoms with Gasteiger partial charge in [0.25, 0.3) is 0 Å². The minimum atomic E-state index is -0.453.